The third-order valence-electron chi connectivity index (χ3n) is 5.12. The van der Waals surface area contributed by atoms with Gasteiger partial charge in [-0.1, -0.05) is 35.3 Å². The summed E-state index contributed by atoms with van der Waals surface area (Å²) in [6.45, 7) is 3.99. The van der Waals surface area contributed by atoms with Gasteiger partial charge < -0.3 is 9.26 Å². The second kappa shape index (κ2) is 9.13. The number of halogens is 1. The fourth-order valence-corrected chi connectivity index (χ4v) is 3.73. The van der Waals surface area contributed by atoms with E-state index < -0.39 is 0 Å². The number of aromatic nitrogens is 1. The van der Waals surface area contributed by atoms with E-state index in [0.29, 0.717) is 28.5 Å². The van der Waals surface area contributed by atoms with E-state index in [4.69, 9.17) is 20.9 Å². The zero-order valence-electron chi connectivity index (χ0n) is 16.1. The second-order valence-electron chi connectivity index (χ2n) is 7.16. The molecule has 2 heterocycles. The number of fused-ring (bicyclic) bond motifs is 1. The van der Waals surface area contributed by atoms with Gasteiger partial charge in [0.1, 0.15) is 24.1 Å². The fourth-order valence-electron chi connectivity index (χ4n) is 3.56. The molecule has 5 nitrogen and oxygen atoms in total. The van der Waals surface area contributed by atoms with Crippen molar-refractivity contribution in [2.45, 2.75) is 19.3 Å². The number of benzene rings is 2. The van der Waals surface area contributed by atoms with Crippen molar-refractivity contribution < 1.29 is 9.26 Å². The predicted octanol–water partition coefficient (Wildman–Crippen LogP) is 5.41. The van der Waals surface area contributed by atoms with Crippen LogP contribution < -0.4 is 4.74 Å². The molecule has 0 saturated carbocycles. The van der Waals surface area contributed by atoms with Crippen LogP contribution in [0.25, 0.3) is 22.6 Å². The zero-order chi connectivity index (χ0) is 20.1. The van der Waals surface area contributed by atoms with Crippen molar-refractivity contribution >= 4 is 34.2 Å². The minimum absolute atomic E-state index is 0.421. The smallest absolute Gasteiger partial charge is 0.167 e. The molecule has 1 aromatic heterocycles. The monoisotopic (exact) mass is 407 g/mol. The van der Waals surface area contributed by atoms with E-state index in [2.05, 4.69) is 16.1 Å². The van der Waals surface area contributed by atoms with Crippen molar-refractivity contribution in [2.24, 2.45) is 0 Å². The maximum absolute atomic E-state index is 9.62. The number of nitrogens with zero attached hydrogens (tertiary/aromatic N) is 3. The quantitative estimate of drug-likeness (QED) is 0.511. The summed E-state index contributed by atoms with van der Waals surface area (Å²) in [5.74, 6) is 0.830. The largest absolute Gasteiger partial charge is 0.492 e. The first-order valence-corrected chi connectivity index (χ1v) is 10.2. The summed E-state index contributed by atoms with van der Waals surface area (Å²) in [5, 5.41) is 15.0. The SMILES string of the molecule is N#C/C(=C\c1ccc(OCCN2CCCCC2)cc1)c1noc2ccc(Cl)cc12. The standard InChI is InChI=1S/C23H22ClN3O2/c24-19-6-9-22-21(15-19)23(26-29-22)18(16-25)14-17-4-7-20(8-5-17)28-13-12-27-10-2-1-3-11-27/h4-9,14-15H,1-3,10-13H2/b18-14+. The van der Waals surface area contributed by atoms with E-state index in [-0.39, 0.29) is 0 Å². The van der Waals surface area contributed by atoms with E-state index in [0.717, 1.165) is 23.2 Å². The van der Waals surface area contributed by atoms with Crippen LogP contribution in [-0.4, -0.2) is 36.3 Å². The van der Waals surface area contributed by atoms with Gasteiger partial charge in [-0.25, -0.2) is 0 Å². The molecular formula is C23H22ClN3O2. The van der Waals surface area contributed by atoms with Crippen LogP contribution in [-0.2, 0) is 0 Å². The molecule has 0 spiro atoms. The summed E-state index contributed by atoms with van der Waals surface area (Å²) in [4.78, 5) is 2.45. The van der Waals surface area contributed by atoms with E-state index in [1.165, 1.54) is 32.4 Å². The van der Waals surface area contributed by atoms with Crippen LogP contribution >= 0.6 is 11.6 Å². The van der Waals surface area contributed by atoms with Gasteiger partial charge >= 0.3 is 0 Å². The Kier molecular flexibility index (Phi) is 6.14. The molecule has 0 aliphatic carbocycles. The molecule has 0 radical (unpaired) electrons. The Morgan fingerprint density at radius 2 is 1.97 bits per heavy atom. The molecule has 1 fully saturated rings. The van der Waals surface area contributed by atoms with Crippen molar-refractivity contribution in [1.29, 1.82) is 5.26 Å². The lowest BCUT2D eigenvalue weighted by Gasteiger charge is -2.26. The van der Waals surface area contributed by atoms with Gasteiger partial charge in [0, 0.05) is 11.6 Å². The Balaban J connectivity index is 1.44. The number of hydrogen-bond donors (Lipinski definition) is 0. The van der Waals surface area contributed by atoms with Gasteiger partial charge in [-0.2, -0.15) is 5.26 Å². The number of hydrogen-bond acceptors (Lipinski definition) is 5. The van der Waals surface area contributed by atoms with Gasteiger partial charge in [-0.05, 0) is 67.9 Å². The minimum atomic E-state index is 0.421. The third kappa shape index (κ3) is 4.79. The van der Waals surface area contributed by atoms with Gasteiger partial charge in [-0.3, -0.25) is 4.90 Å². The van der Waals surface area contributed by atoms with E-state index in [1.54, 1.807) is 24.3 Å². The molecule has 0 atom stereocenters. The van der Waals surface area contributed by atoms with Gasteiger partial charge in [0.05, 0.1) is 11.0 Å². The molecule has 0 N–H and O–H groups in total. The van der Waals surface area contributed by atoms with Crippen LogP contribution in [0.3, 0.4) is 0 Å². The molecule has 0 bridgehead atoms. The molecule has 6 heteroatoms. The van der Waals surface area contributed by atoms with Crippen molar-refractivity contribution in [3.63, 3.8) is 0 Å². The average Bonchev–Trinajstić information content (AvgIpc) is 3.17. The normalized spacial score (nSPS) is 15.4. The predicted molar refractivity (Wildman–Crippen MR) is 115 cm³/mol. The molecule has 2 aromatic carbocycles. The minimum Gasteiger partial charge on any atom is -0.492 e. The highest BCUT2D eigenvalue weighted by atomic mass is 35.5. The molecular weight excluding hydrogens is 386 g/mol. The molecule has 148 valence electrons. The lowest BCUT2D eigenvalue weighted by molar-refractivity contribution is 0.183. The molecule has 1 aliphatic heterocycles. The number of piperidine rings is 1. The summed E-state index contributed by atoms with van der Waals surface area (Å²) in [7, 11) is 0. The van der Waals surface area contributed by atoms with E-state index in [1.807, 2.05) is 24.3 Å². The summed E-state index contributed by atoms with van der Waals surface area (Å²) in [6.07, 6.45) is 5.70. The third-order valence-corrected chi connectivity index (χ3v) is 5.36. The number of nitriles is 1. The highest BCUT2D eigenvalue weighted by Gasteiger charge is 2.13. The summed E-state index contributed by atoms with van der Waals surface area (Å²) in [6, 6.07) is 15.2. The maximum atomic E-state index is 9.62. The highest BCUT2D eigenvalue weighted by molar-refractivity contribution is 6.31. The molecule has 0 amide bonds. The fraction of sp³-hybridized carbons (Fsp3) is 0.304. The van der Waals surface area contributed by atoms with Crippen molar-refractivity contribution in [3.8, 4) is 11.8 Å². The van der Waals surface area contributed by atoms with Gasteiger partial charge in [0.25, 0.3) is 0 Å². The summed E-state index contributed by atoms with van der Waals surface area (Å²) < 4.78 is 11.2. The summed E-state index contributed by atoms with van der Waals surface area (Å²) in [5.41, 5.74) is 2.41. The lowest BCUT2D eigenvalue weighted by Crippen LogP contribution is -2.33. The van der Waals surface area contributed by atoms with Crippen LogP contribution in [0, 0.1) is 11.3 Å². The molecule has 4 rings (SSSR count). The van der Waals surface area contributed by atoms with Gasteiger partial charge in [-0.15, -0.1) is 0 Å². The Hall–Kier alpha value is -2.81. The first-order chi connectivity index (χ1) is 14.2. The molecule has 1 aliphatic rings. The van der Waals surface area contributed by atoms with Crippen LogP contribution in [0.4, 0.5) is 0 Å². The number of likely N-dealkylation sites (tertiary alicyclic amines) is 1. The van der Waals surface area contributed by atoms with E-state index >= 15 is 0 Å². The lowest BCUT2D eigenvalue weighted by atomic mass is 10.1. The number of allylic oxidation sites excluding steroid dienone is 1. The molecule has 0 unspecified atom stereocenters. The van der Waals surface area contributed by atoms with Gasteiger partial charge in [0.15, 0.2) is 5.58 Å². The first kappa shape index (κ1) is 19.5. The average molecular weight is 408 g/mol. The van der Waals surface area contributed by atoms with Crippen molar-refractivity contribution in [3.05, 3.63) is 58.7 Å². The molecule has 29 heavy (non-hydrogen) atoms. The van der Waals surface area contributed by atoms with Crippen molar-refractivity contribution in [1.82, 2.24) is 10.1 Å². The molecule has 1 saturated heterocycles. The molecule has 3 aromatic rings. The highest BCUT2D eigenvalue weighted by Crippen LogP contribution is 2.28. The number of ether oxygens (including phenoxy) is 1. The van der Waals surface area contributed by atoms with Gasteiger partial charge in [0.2, 0.25) is 0 Å². The van der Waals surface area contributed by atoms with E-state index in [9.17, 15) is 5.26 Å². The number of rotatable bonds is 6. The Morgan fingerprint density at radius 3 is 2.72 bits per heavy atom. The van der Waals surface area contributed by atoms with Crippen LogP contribution in [0.2, 0.25) is 5.02 Å². The second-order valence-corrected chi connectivity index (χ2v) is 7.60. The van der Waals surface area contributed by atoms with Crippen molar-refractivity contribution in [2.75, 3.05) is 26.2 Å². The first-order valence-electron chi connectivity index (χ1n) is 9.85. The van der Waals surface area contributed by atoms with Crippen LogP contribution in [0.15, 0.2) is 47.0 Å². The summed E-state index contributed by atoms with van der Waals surface area (Å²) >= 11 is 6.08. The Morgan fingerprint density at radius 1 is 1.17 bits per heavy atom. The topological polar surface area (TPSA) is 62.3 Å². The maximum Gasteiger partial charge on any atom is 0.167 e. The van der Waals surface area contributed by atoms with Crippen LogP contribution in [0.1, 0.15) is 30.5 Å². The zero-order valence-corrected chi connectivity index (χ0v) is 16.9. The van der Waals surface area contributed by atoms with Crippen LogP contribution in [0.5, 0.6) is 5.75 Å². The Bertz CT molecular complexity index is 1040. The Labute approximate surface area is 175 Å².